The molecule has 7 heteroatoms. The lowest BCUT2D eigenvalue weighted by Gasteiger charge is -2.12. The lowest BCUT2D eigenvalue weighted by molar-refractivity contribution is 0.251. The lowest BCUT2D eigenvalue weighted by Crippen LogP contribution is -2.28. The Balaban J connectivity index is 1.71. The van der Waals surface area contributed by atoms with Crippen molar-refractivity contribution in [3.63, 3.8) is 0 Å². The Morgan fingerprint density at radius 1 is 1.07 bits per heavy atom. The first-order valence-electron chi connectivity index (χ1n) is 8.91. The topological polar surface area (TPSA) is 77.4 Å². The molecule has 0 fully saturated rings. The SMILES string of the molecule is COc1ccc(OC)c(NC(=O)NCc2c(C)nn(-c3ccccc3)c2C)c1. The number of hydrogen-bond donors (Lipinski definition) is 2. The molecule has 0 aliphatic rings. The molecule has 2 amide bonds. The molecule has 7 nitrogen and oxygen atoms in total. The van der Waals surface area contributed by atoms with Crippen LogP contribution in [0.15, 0.2) is 48.5 Å². The highest BCUT2D eigenvalue weighted by atomic mass is 16.5. The molecule has 1 heterocycles. The number of ether oxygens (including phenoxy) is 2. The number of aryl methyl sites for hydroxylation is 1. The minimum atomic E-state index is -0.335. The standard InChI is InChI=1S/C21H24N4O3/c1-14-18(15(2)25(24-14)16-8-6-5-7-9-16)13-22-21(26)23-19-12-17(27-3)10-11-20(19)28-4/h5-12H,13H2,1-4H3,(H2,22,23,26). The number of para-hydroxylation sites is 1. The summed E-state index contributed by atoms with van der Waals surface area (Å²) in [6.07, 6.45) is 0. The first-order chi connectivity index (χ1) is 13.5. The number of amides is 2. The fraction of sp³-hybridized carbons (Fsp3) is 0.238. The Hall–Kier alpha value is -3.48. The van der Waals surface area contributed by atoms with Crippen LogP contribution in [0.3, 0.4) is 0 Å². The van der Waals surface area contributed by atoms with Gasteiger partial charge in [-0.2, -0.15) is 5.10 Å². The van der Waals surface area contributed by atoms with Crippen molar-refractivity contribution in [1.82, 2.24) is 15.1 Å². The van der Waals surface area contributed by atoms with Gasteiger partial charge in [-0.3, -0.25) is 0 Å². The molecular weight excluding hydrogens is 356 g/mol. The molecule has 146 valence electrons. The highest BCUT2D eigenvalue weighted by molar-refractivity contribution is 5.91. The zero-order chi connectivity index (χ0) is 20.1. The maximum atomic E-state index is 12.4. The fourth-order valence-corrected chi connectivity index (χ4v) is 3.00. The van der Waals surface area contributed by atoms with E-state index in [1.807, 2.05) is 48.9 Å². The number of carbonyl (C=O) groups excluding carboxylic acids is 1. The Kier molecular flexibility index (Phi) is 5.84. The minimum absolute atomic E-state index is 0.335. The number of methoxy groups -OCH3 is 2. The van der Waals surface area contributed by atoms with Crippen LogP contribution in [0.1, 0.15) is 17.0 Å². The van der Waals surface area contributed by atoms with Gasteiger partial charge in [0.25, 0.3) is 0 Å². The summed E-state index contributed by atoms with van der Waals surface area (Å²) < 4.78 is 12.4. The van der Waals surface area contributed by atoms with Gasteiger partial charge in [0.15, 0.2) is 0 Å². The quantitative estimate of drug-likeness (QED) is 0.681. The molecule has 2 N–H and O–H groups in total. The maximum Gasteiger partial charge on any atom is 0.319 e. The minimum Gasteiger partial charge on any atom is -0.497 e. The second-order valence-corrected chi connectivity index (χ2v) is 6.27. The molecule has 0 bridgehead atoms. The number of rotatable bonds is 6. The highest BCUT2D eigenvalue weighted by Gasteiger charge is 2.14. The third kappa shape index (κ3) is 4.09. The molecule has 28 heavy (non-hydrogen) atoms. The lowest BCUT2D eigenvalue weighted by atomic mass is 10.2. The molecule has 0 saturated carbocycles. The van der Waals surface area contributed by atoms with E-state index in [4.69, 9.17) is 9.47 Å². The highest BCUT2D eigenvalue weighted by Crippen LogP contribution is 2.28. The summed E-state index contributed by atoms with van der Waals surface area (Å²) in [5.41, 5.74) is 4.37. The van der Waals surface area contributed by atoms with Gasteiger partial charge >= 0.3 is 6.03 Å². The van der Waals surface area contributed by atoms with E-state index in [0.29, 0.717) is 23.7 Å². The van der Waals surface area contributed by atoms with E-state index in [1.165, 1.54) is 0 Å². The summed E-state index contributed by atoms with van der Waals surface area (Å²) in [4.78, 5) is 12.4. The summed E-state index contributed by atoms with van der Waals surface area (Å²) in [6.45, 7) is 4.29. The maximum absolute atomic E-state index is 12.4. The van der Waals surface area contributed by atoms with Crippen LogP contribution in [-0.2, 0) is 6.54 Å². The summed E-state index contributed by atoms with van der Waals surface area (Å²) in [7, 11) is 3.12. The number of urea groups is 1. The van der Waals surface area contributed by atoms with E-state index < -0.39 is 0 Å². The van der Waals surface area contributed by atoms with Crippen LogP contribution >= 0.6 is 0 Å². The number of nitrogens with zero attached hydrogens (tertiary/aromatic N) is 2. The van der Waals surface area contributed by atoms with Gasteiger partial charge in [-0.25, -0.2) is 9.48 Å². The number of anilines is 1. The fourth-order valence-electron chi connectivity index (χ4n) is 3.00. The van der Waals surface area contributed by atoms with Crippen molar-refractivity contribution in [2.24, 2.45) is 0 Å². The molecular formula is C21H24N4O3. The smallest absolute Gasteiger partial charge is 0.319 e. The zero-order valence-electron chi connectivity index (χ0n) is 16.4. The number of benzene rings is 2. The van der Waals surface area contributed by atoms with Crippen molar-refractivity contribution in [3.8, 4) is 17.2 Å². The normalized spacial score (nSPS) is 10.4. The van der Waals surface area contributed by atoms with Gasteiger partial charge in [0.1, 0.15) is 11.5 Å². The van der Waals surface area contributed by atoms with Gasteiger partial charge in [-0.15, -0.1) is 0 Å². The number of aromatic nitrogens is 2. The van der Waals surface area contributed by atoms with Crippen LogP contribution in [0, 0.1) is 13.8 Å². The van der Waals surface area contributed by atoms with Gasteiger partial charge in [0.05, 0.1) is 31.3 Å². The van der Waals surface area contributed by atoms with Gasteiger partial charge in [0, 0.05) is 23.9 Å². The molecule has 0 unspecified atom stereocenters. The molecule has 0 radical (unpaired) electrons. The second kappa shape index (κ2) is 8.47. The van der Waals surface area contributed by atoms with Crippen LogP contribution in [0.2, 0.25) is 0 Å². The van der Waals surface area contributed by atoms with Crippen molar-refractivity contribution in [3.05, 3.63) is 65.5 Å². The summed E-state index contributed by atoms with van der Waals surface area (Å²) >= 11 is 0. The Morgan fingerprint density at radius 2 is 1.82 bits per heavy atom. The summed E-state index contributed by atoms with van der Waals surface area (Å²) in [6, 6.07) is 14.8. The molecule has 0 aliphatic heterocycles. The average molecular weight is 380 g/mol. The predicted octanol–water partition coefficient (Wildman–Crippen LogP) is 3.83. The van der Waals surface area contributed by atoms with Crippen molar-refractivity contribution in [2.75, 3.05) is 19.5 Å². The van der Waals surface area contributed by atoms with E-state index in [2.05, 4.69) is 15.7 Å². The van der Waals surface area contributed by atoms with Crippen molar-refractivity contribution < 1.29 is 14.3 Å². The zero-order valence-corrected chi connectivity index (χ0v) is 16.4. The van der Waals surface area contributed by atoms with E-state index in [-0.39, 0.29) is 6.03 Å². The number of hydrogen-bond acceptors (Lipinski definition) is 4. The van der Waals surface area contributed by atoms with Gasteiger partial charge in [0.2, 0.25) is 0 Å². The molecule has 0 spiro atoms. The van der Waals surface area contributed by atoms with E-state index in [0.717, 1.165) is 22.6 Å². The van der Waals surface area contributed by atoms with Crippen LogP contribution in [0.25, 0.3) is 5.69 Å². The third-order valence-electron chi connectivity index (χ3n) is 4.52. The summed E-state index contributed by atoms with van der Waals surface area (Å²) in [5.74, 6) is 1.19. The monoisotopic (exact) mass is 380 g/mol. The van der Waals surface area contributed by atoms with Crippen LogP contribution < -0.4 is 20.1 Å². The van der Waals surface area contributed by atoms with Crippen LogP contribution in [-0.4, -0.2) is 30.0 Å². The van der Waals surface area contributed by atoms with Gasteiger partial charge in [-0.05, 0) is 38.1 Å². The van der Waals surface area contributed by atoms with Crippen molar-refractivity contribution >= 4 is 11.7 Å². The molecule has 0 saturated heterocycles. The van der Waals surface area contributed by atoms with Crippen molar-refractivity contribution in [2.45, 2.75) is 20.4 Å². The second-order valence-electron chi connectivity index (χ2n) is 6.27. The average Bonchev–Trinajstić information content (AvgIpc) is 3.00. The van der Waals surface area contributed by atoms with E-state index in [9.17, 15) is 4.79 Å². The Morgan fingerprint density at radius 3 is 2.50 bits per heavy atom. The number of nitrogens with one attached hydrogen (secondary N) is 2. The molecule has 3 aromatic rings. The summed E-state index contributed by atoms with van der Waals surface area (Å²) in [5, 5.41) is 10.3. The third-order valence-corrected chi connectivity index (χ3v) is 4.52. The molecule has 3 rings (SSSR count). The molecule has 2 aromatic carbocycles. The van der Waals surface area contributed by atoms with E-state index >= 15 is 0 Å². The van der Waals surface area contributed by atoms with Gasteiger partial charge < -0.3 is 20.1 Å². The van der Waals surface area contributed by atoms with Gasteiger partial charge in [-0.1, -0.05) is 18.2 Å². The first-order valence-corrected chi connectivity index (χ1v) is 8.91. The first kappa shape index (κ1) is 19.3. The predicted molar refractivity (Wildman–Crippen MR) is 108 cm³/mol. The Labute approximate surface area is 164 Å². The molecule has 0 aliphatic carbocycles. The largest absolute Gasteiger partial charge is 0.497 e. The van der Waals surface area contributed by atoms with Crippen LogP contribution in [0.4, 0.5) is 10.5 Å². The number of carbonyl (C=O) groups is 1. The molecule has 0 atom stereocenters. The van der Waals surface area contributed by atoms with Crippen molar-refractivity contribution in [1.29, 1.82) is 0 Å². The molecule has 1 aromatic heterocycles. The van der Waals surface area contributed by atoms with Crippen LogP contribution in [0.5, 0.6) is 11.5 Å². The Bertz CT molecular complexity index is 967. The van der Waals surface area contributed by atoms with E-state index in [1.54, 1.807) is 32.4 Å².